The molecule has 8 heteroatoms. The molecule has 1 atom stereocenters. The van der Waals surface area contributed by atoms with Crippen LogP contribution < -0.4 is 11.1 Å². The van der Waals surface area contributed by atoms with Gasteiger partial charge in [-0.05, 0) is 77.6 Å². The van der Waals surface area contributed by atoms with Crippen molar-refractivity contribution in [2.75, 3.05) is 0 Å². The number of nitrogens with two attached hydrogens (primary N) is 1. The molecule has 6 rings (SSSR count). The van der Waals surface area contributed by atoms with Crippen LogP contribution in [0.25, 0.3) is 39.1 Å². The third-order valence-electron chi connectivity index (χ3n) is 7.96. The largest absolute Gasteiger partial charge is 0.508 e. The summed E-state index contributed by atoms with van der Waals surface area (Å²) in [5.41, 5.74) is 13.3. The molecule has 1 unspecified atom stereocenters. The van der Waals surface area contributed by atoms with Crippen LogP contribution in [0.15, 0.2) is 115 Å². The highest BCUT2D eigenvalue weighted by Gasteiger charge is 2.20. The van der Waals surface area contributed by atoms with Gasteiger partial charge in [-0.25, -0.2) is 4.68 Å². The minimum atomic E-state index is -0.938. The lowest BCUT2D eigenvalue weighted by atomic mass is 9.87. The van der Waals surface area contributed by atoms with E-state index in [1.165, 1.54) is 17.7 Å². The summed E-state index contributed by atoms with van der Waals surface area (Å²) in [6.45, 7) is 6.52. The Morgan fingerprint density at radius 1 is 0.870 bits per heavy atom. The molecule has 4 N–H and O–H groups in total. The van der Waals surface area contributed by atoms with E-state index in [1.807, 2.05) is 59.4 Å². The van der Waals surface area contributed by atoms with Crippen molar-refractivity contribution < 1.29 is 14.7 Å². The summed E-state index contributed by atoms with van der Waals surface area (Å²) < 4.78 is 1.87. The highest BCUT2D eigenvalue weighted by atomic mass is 16.3. The van der Waals surface area contributed by atoms with Gasteiger partial charge >= 0.3 is 0 Å². The van der Waals surface area contributed by atoms with Gasteiger partial charge in [0.05, 0.1) is 28.6 Å². The lowest BCUT2D eigenvalue weighted by molar-refractivity contribution is -0.121. The predicted molar refractivity (Wildman–Crippen MR) is 181 cm³/mol. The maximum Gasteiger partial charge on any atom is 0.257 e. The van der Waals surface area contributed by atoms with E-state index in [9.17, 15) is 14.7 Å². The number of fused-ring (bicyclic) bond motifs is 1. The zero-order chi connectivity index (χ0) is 32.4. The fourth-order valence-electron chi connectivity index (χ4n) is 5.31. The minimum Gasteiger partial charge on any atom is -0.508 e. The number of aromatic hydroxyl groups is 1. The van der Waals surface area contributed by atoms with Crippen molar-refractivity contribution in [3.63, 3.8) is 0 Å². The van der Waals surface area contributed by atoms with Gasteiger partial charge in [-0.15, -0.1) is 0 Å². The number of nitrogens with one attached hydrogen (secondary N) is 1. The molecule has 6 aromatic rings. The molecule has 0 saturated heterocycles. The molecule has 0 aliphatic heterocycles. The smallest absolute Gasteiger partial charge is 0.257 e. The molecule has 8 nitrogen and oxygen atoms in total. The number of imide groups is 1. The number of amides is 2. The van der Waals surface area contributed by atoms with Crippen LogP contribution in [0.3, 0.4) is 0 Å². The lowest BCUT2D eigenvalue weighted by Crippen LogP contribution is -2.44. The Hall–Kier alpha value is -5.60. The quantitative estimate of drug-likeness (QED) is 0.188. The number of hydrogen-bond donors (Lipinski definition) is 3. The van der Waals surface area contributed by atoms with Crippen LogP contribution in [-0.4, -0.2) is 37.7 Å². The van der Waals surface area contributed by atoms with Gasteiger partial charge in [0.2, 0.25) is 5.91 Å². The normalized spacial score (nSPS) is 12.2. The second-order valence-corrected chi connectivity index (χ2v) is 12.4. The molecule has 0 fully saturated rings. The van der Waals surface area contributed by atoms with Gasteiger partial charge in [0.25, 0.3) is 5.91 Å². The van der Waals surface area contributed by atoms with Crippen LogP contribution in [0.2, 0.25) is 0 Å². The number of nitrogens with zero attached hydrogens (tertiary/aromatic N) is 3. The summed E-state index contributed by atoms with van der Waals surface area (Å²) in [6.07, 6.45) is 2.04. The molecule has 0 radical (unpaired) electrons. The average molecular weight is 610 g/mol. The van der Waals surface area contributed by atoms with Gasteiger partial charge in [0.15, 0.2) is 0 Å². The summed E-state index contributed by atoms with van der Waals surface area (Å²) >= 11 is 0. The van der Waals surface area contributed by atoms with E-state index in [2.05, 4.69) is 49.3 Å². The number of phenols is 1. The molecule has 46 heavy (non-hydrogen) atoms. The lowest BCUT2D eigenvalue weighted by Gasteiger charge is -2.19. The van der Waals surface area contributed by atoms with Crippen LogP contribution in [0.4, 0.5) is 0 Å². The number of aromatic nitrogens is 3. The Balaban J connectivity index is 1.32. The zero-order valence-electron chi connectivity index (χ0n) is 25.9. The molecule has 230 valence electrons. The van der Waals surface area contributed by atoms with Crippen molar-refractivity contribution in [2.45, 2.75) is 38.6 Å². The summed E-state index contributed by atoms with van der Waals surface area (Å²) in [6, 6.07) is 32.9. The number of phenolic OH excluding ortho intramolecular Hbond substituents is 1. The van der Waals surface area contributed by atoms with Gasteiger partial charge in [-0.3, -0.25) is 19.9 Å². The Kier molecular flexibility index (Phi) is 8.21. The fraction of sp³-hybridized carbons (Fsp3) is 0.158. The Morgan fingerprint density at radius 3 is 2.35 bits per heavy atom. The molecule has 4 aromatic carbocycles. The van der Waals surface area contributed by atoms with E-state index in [0.29, 0.717) is 5.56 Å². The van der Waals surface area contributed by atoms with Crippen LogP contribution in [-0.2, 0) is 16.6 Å². The Bertz CT molecular complexity index is 2040. The maximum atomic E-state index is 13.2. The van der Waals surface area contributed by atoms with Gasteiger partial charge in [-0.1, -0.05) is 75.4 Å². The van der Waals surface area contributed by atoms with Crippen LogP contribution in [0.5, 0.6) is 5.75 Å². The van der Waals surface area contributed by atoms with Gasteiger partial charge in [0, 0.05) is 28.3 Å². The third kappa shape index (κ3) is 6.57. The second-order valence-electron chi connectivity index (χ2n) is 12.4. The minimum absolute atomic E-state index is 0.000871. The molecule has 0 aliphatic carbocycles. The standard InChI is InChI=1S/C38H35N5O3/c1-38(2,3)29-13-15-30(16-14-29)43-35(22-34(42-43)28-20-25-7-4-5-10-33(25)40-23-28)26-8-6-9-27(21-26)36(45)41-37(46)32(39)19-24-11-17-31(44)18-12-24/h4-18,20-23,32,44H,19,39H2,1-3H3,(H,41,45,46). The Labute approximate surface area is 267 Å². The van der Waals surface area contributed by atoms with Crippen molar-refractivity contribution in [3.8, 4) is 34.0 Å². The Morgan fingerprint density at radius 2 is 1.61 bits per heavy atom. The summed E-state index contributed by atoms with van der Waals surface area (Å²) in [5.74, 6) is -1.01. The highest BCUT2D eigenvalue weighted by molar-refractivity contribution is 6.06. The first-order valence-corrected chi connectivity index (χ1v) is 15.1. The number of para-hydroxylation sites is 1. The van der Waals surface area contributed by atoms with E-state index >= 15 is 0 Å². The van der Waals surface area contributed by atoms with Crippen molar-refractivity contribution in [1.29, 1.82) is 0 Å². The number of carbonyl (C=O) groups is 2. The summed E-state index contributed by atoms with van der Waals surface area (Å²) in [4.78, 5) is 30.7. The number of pyridine rings is 1. The van der Waals surface area contributed by atoms with Gasteiger partial charge in [0.1, 0.15) is 5.75 Å². The van der Waals surface area contributed by atoms with E-state index in [-0.39, 0.29) is 17.6 Å². The molecule has 2 aromatic heterocycles. The van der Waals surface area contributed by atoms with Crippen LogP contribution in [0.1, 0.15) is 42.3 Å². The first-order chi connectivity index (χ1) is 22.0. The molecule has 0 bridgehead atoms. The van der Waals surface area contributed by atoms with E-state index in [0.717, 1.165) is 44.7 Å². The number of carbonyl (C=O) groups excluding carboxylic acids is 2. The summed E-state index contributed by atoms with van der Waals surface area (Å²) in [5, 5.41) is 18.0. The zero-order valence-corrected chi connectivity index (χ0v) is 25.9. The number of rotatable bonds is 7. The monoisotopic (exact) mass is 609 g/mol. The second kappa shape index (κ2) is 12.4. The van der Waals surface area contributed by atoms with Crippen LogP contribution >= 0.6 is 0 Å². The molecular formula is C38H35N5O3. The van der Waals surface area contributed by atoms with Gasteiger partial charge < -0.3 is 10.8 Å². The van der Waals surface area contributed by atoms with E-state index < -0.39 is 17.9 Å². The first kappa shape index (κ1) is 30.4. The fourth-order valence-corrected chi connectivity index (χ4v) is 5.31. The highest BCUT2D eigenvalue weighted by Crippen LogP contribution is 2.31. The first-order valence-electron chi connectivity index (χ1n) is 15.1. The van der Waals surface area contributed by atoms with Crippen molar-refractivity contribution in [2.24, 2.45) is 5.73 Å². The van der Waals surface area contributed by atoms with Crippen molar-refractivity contribution in [3.05, 3.63) is 132 Å². The third-order valence-corrected chi connectivity index (χ3v) is 7.96. The molecule has 2 heterocycles. The average Bonchev–Trinajstić information content (AvgIpc) is 3.51. The molecular weight excluding hydrogens is 574 g/mol. The topological polar surface area (TPSA) is 123 Å². The number of hydrogen-bond acceptors (Lipinski definition) is 6. The van der Waals surface area contributed by atoms with E-state index in [1.54, 1.807) is 30.3 Å². The summed E-state index contributed by atoms with van der Waals surface area (Å²) in [7, 11) is 0. The van der Waals surface area contributed by atoms with Crippen LogP contribution in [0, 0.1) is 0 Å². The van der Waals surface area contributed by atoms with Crippen molar-refractivity contribution >= 4 is 22.7 Å². The molecule has 0 saturated carbocycles. The molecule has 2 amide bonds. The molecule has 0 aliphatic rings. The van der Waals surface area contributed by atoms with Gasteiger partial charge in [-0.2, -0.15) is 5.10 Å². The van der Waals surface area contributed by atoms with E-state index in [4.69, 9.17) is 10.8 Å². The van der Waals surface area contributed by atoms with Crippen molar-refractivity contribution in [1.82, 2.24) is 20.1 Å². The predicted octanol–water partition coefficient (Wildman–Crippen LogP) is 6.58. The number of benzene rings is 4. The maximum absolute atomic E-state index is 13.2. The molecule has 0 spiro atoms. The SMILES string of the molecule is CC(C)(C)c1ccc(-n2nc(-c3cnc4ccccc4c3)cc2-c2cccc(C(=O)NC(=O)C(N)Cc3ccc(O)cc3)c2)cc1.